The van der Waals surface area contributed by atoms with Gasteiger partial charge in [0.2, 0.25) is 0 Å². The van der Waals surface area contributed by atoms with Gasteiger partial charge in [0, 0.05) is 48.1 Å². The monoisotopic (exact) mass is 1470 g/mol. The van der Waals surface area contributed by atoms with Crippen molar-refractivity contribution < 1.29 is 118 Å². The number of nitrogens with two attached hydrogens (primary N) is 1. The first-order chi connectivity index (χ1) is 42.2. The Hall–Kier alpha value is -7.18. The van der Waals surface area contributed by atoms with Crippen LogP contribution in [0.1, 0.15) is 31.1 Å². The molecule has 19 nitrogen and oxygen atoms in total. The number of esters is 2. The molecule has 0 radical (unpaired) electrons. The molecule has 0 saturated carbocycles. The molecule has 0 aliphatic rings. The Kier molecular flexibility index (Phi) is 27.8. The number of phenols is 3. The van der Waals surface area contributed by atoms with Crippen molar-refractivity contribution in [2.75, 3.05) is 29.4 Å². The second-order valence-electron chi connectivity index (χ2n) is 17.9. The molecule has 0 aliphatic heterocycles. The summed E-state index contributed by atoms with van der Waals surface area (Å²) >= 11 is 34.2. The minimum atomic E-state index is -4.51. The molecular formula is C59H42Cl7F3N3NaO16S3. The van der Waals surface area contributed by atoms with Crippen LogP contribution in [0.3, 0.4) is 0 Å². The fraction of sp³-hybridized carbons (Fsp3) is 0.0339. The molecule has 0 saturated heterocycles. The number of nitrogens with one attached hydrogen (secondary N) is 2. The standard InChI is InChI=1S/C20H14Cl2FNO5S.C19H12Cl2FNO5S.C14H12FNO2.C6H3Cl3O3S.Na.H2O/c1-29-20(26)14-9-16(23)13(11-5-3-2-4-6-11)10-17(14)24-30(27,28)18-8-12(21)7-15(22)19(18)25;20-11-6-14(21)18(24)17(7-11)29(27,28)23-16-9-12(10-4-2-1-3-5-10)15(22)8-13(16)19(25)26;1-18-14(17)11-7-12(15)10(8-13(11)16)9-5-3-2-4-6-9;7-3-1-4(8)6(10)5(2-3)13(9,11)12;;/h2-10,24-25H,1H3;1-9,23-24H,(H,25,26);2-8H,16H2,1H3;1-2,10H;;1H2/q;;;;+1;/p-1. The largest absolute Gasteiger partial charge is 1.00 e. The maximum atomic E-state index is 14.7. The molecule has 33 heteroatoms. The average molecular weight is 1470 g/mol. The predicted octanol–water partition coefficient (Wildman–Crippen LogP) is 12.4. The van der Waals surface area contributed by atoms with E-state index in [2.05, 4.69) is 18.9 Å². The van der Waals surface area contributed by atoms with E-state index in [1.807, 2.05) is 6.07 Å². The number of aromatic hydroxyl groups is 3. The first-order valence-corrected chi connectivity index (χ1v) is 32.1. The van der Waals surface area contributed by atoms with Gasteiger partial charge >= 0.3 is 47.5 Å². The number of carbonyl (C=O) groups is 3. The van der Waals surface area contributed by atoms with Crippen LogP contribution in [0.2, 0.25) is 30.1 Å². The van der Waals surface area contributed by atoms with Crippen LogP contribution in [0.15, 0.2) is 178 Å². The second kappa shape index (κ2) is 33.1. The molecule has 0 atom stereocenters. The number of aromatic carboxylic acids is 1. The minimum absolute atomic E-state index is 0. The van der Waals surface area contributed by atoms with Crippen LogP contribution in [-0.2, 0) is 38.6 Å². The Morgan fingerprint density at radius 2 is 0.750 bits per heavy atom. The molecule has 0 heterocycles. The Labute approximate surface area is 579 Å². The van der Waals surface area contributed by atoms with E-state index in [0.29, 0.717) is 28.3 Å². The maximum absolute atomic E-state index is 14.7. The van der Waals surface area contributed by atoms with Crippen molar-refractivity contribution in [1.29, 1.82) is 0 Å². The van der Waals surface area contributed by atoms with Crippen molar-refractivity contribution in [1.82, 2.24) is 0 Å². The number of carbonyl (C=O) groups excluding carboxylic acids is 2. The van der Waals surface area contributed by atoms with Gasteiger partial charge in [0.25, 0.3) is 29.1 Å². The SMILES string of the molecule is COC(=O)c1cc(F)c(-c2ccccc2)cc1N.COC(=O)c1cc(F)c(-c2ccccc2)cc1NS(=O)(=O)c1cc(Cl)cc(Cl)c1O.O=C(O)c1cc(F)c(-c2ccccc2)cc1NS(=O)(=O)c1cc(Cl)cc(Cl)c1O.O=S(=O)(Cl)c1cc(Cl)cc(Cl)c1O.[Na+].[OH-]. The molecule has 0 aliphatic carbocycles. The number of carboxylic acid groups (broad SMARTS) is 1. The van der Waals surface area contributed by atoms with Crippen molar-refractivity contribution in [2.24, 2.45) is 0 Å². The zero-order valence-electron chi connectivity index (χ0n) is 46.9. The Morgan fingerprint density at radius 1 is 0.457 bits per heavy atom. The number of halogens is 10. The van der Waals surface area contributed by atoms with Crippen LogP contribution >= 0.6 is 80.3 Å². The third kappa shape index (κ3) is 19.5. The van der Waals surface area contributed by atoms with E-state index < -0.39 is 108 Å². The average Bonchev–Trinajstić information content (AvgIpc) is 1.20. The summed E-state index contributed by atoms with van der Waals surface area (Å²) in [6.45, 7) is 0. The van der Waals surface area contributed by atoms with E-state index in [9.17, 15) is 73.2 Å². The number of carboxylic acids is 1. The van der Waals surface area contributed by atoms with Gasteiger partial charge in [-0.3, -0.25) is 9.44 Å². The van der Waals surface area contributed by atoms with Crippen LogP contribution < -0.4 is 44.7 Å². The van der Waals surface area contributed by atoms with Crippen LogP contribution in [-0.4, -0.2) is 83.3 Å². The zero-order valence-corrected chi connectivity index (χ0v) is 56.6. The van der Waals surface area contributed by atoms with Crippen molar-refractivity contribution in [3.8, 4) is 50.6 Å². The van der Waals surface area contributed by atoms with E-state index in [-0.39, 0.29) is 98.8 Å². The maximum Gasteiger partial charge on any atom is 1.00 e. The summed E-state index contributed by atoms with van der Waals surface area (Å²) in [6, 6.07) is 38.4. The van der Waals surface area contributed by atoms with E-state index in [4.69, 9.17) is 86.0 Å². The molecule has 0 amide bonds. The van der Waals surface area contributed by atoms with Crippen molar-refractivity contribution in [3.63, 3.8) is 0 Å². The van der Waals surface area contributed by atoms with Crippen LogP contribution in [0.25, 0.3) is 33.4 Å². The molecular weight excluding hydrogens is 1430 g/mol. The van der Waals surface area contributed by atoms with Crippen molar-refractivity contribution >= 4 is 144 Å². The fourth-order valence-corrected chi connectivity index (χ4v) is 13.0. The molecule has 92 heavy (non-hydrogen) atoms. The Balaban J connectivity index is 0.000000272. The molecule has 0 unspecified atom stereocenters. The van der Waals surface area contributed by atoms with Gasteiger partial charge in [-0.15, -0.1) is 0 Å². The molecule has 0 bridgehead atoms. The number of phenolic OH excluding ortho intramolecular Hbond substituents is 3. The quantitative estimate of drug-likeness (QED) is 0.0244. The minimum Gasteiger partial charge on any atom is -0.870 e. The van der Waals surface area contributed by atoms with Gasteiger partial charge in [-0.25, -0.2) is 52.8 Å². The summed E-state index contributed by atoms with van der Waals surface area (Å²) in [6.07, 6.45) is 0. The number of benzene rings is 9. The summed E-state index contributed by atoms with van der Waals surface area (Å²) in [5.74, 6) is -7.33. The van der Waals surface area contributed by atoms with E-state index in [1.165, 1.54) is 25.3 Å². The molecule has 9 aromatic rings. The Morgan fingerprint density at radius 3 is 1.09 bits per heavy atom. The van der Waals surface area contributed by atoms with Gasteiger partial charge in [0.05, 0.1) is 57.4 Å². The molecule has 0 aromatic heterocycles. The normalized spacial score (nSPS) is 10.8. The van der Waals surface area contributed by atoms with Crippen LogP contribution in [0.5, 0.6) is 17.2 Å². The third-order valence-electron chi connectivity index (χ3n) is 12.0. The molecule has 9 N–H and O–H groups in total. The van der Waals surface area contributed by atoms with Gasteiger partial charge in [0.15, 0.2) is 17.2 Å². The summed E-state index contributed by atoms with van der Waals surface area (Å²) in [7, 11) is -5.70. The van der Waals surface area contributed by atoms with Crippen molar-refractivity contribution in [2.45, 2.75) is 14.7 Å². The Bertz CT molecular complexity index is 4600. The number of nitrogen functional groups attached to an aromatic ring is 1. The molecule has 9 aromatic carbocycles. The predicted molar refractivity (Wildman–Crippen MR) is 341 cm³/mol. The number of rotatable bonds is 13. The summed E-state index contributed by atoms with van der Waals surface area (Å²) in [5.41, 5.74) is 6.33. The molecule has 0 spiro atoms. The topological polar surface area (TPSA) is 333 Å². The number of hydrogen-bond donors (Lipinski definition) is 7. The van der Waals surface area contributed by atoms with Gasteiger partial charge in [-0.2, -0.15) is 0 Å². The third-order valence-corrected chi connectivity index (χ3v) is 17.6. The number of ether oxygens (including phenoxy) is 2. The zero-order chi connectivity index (χ0) is 66.7. The number of anilines is 3. The molecule has 9 rings (SSSR count). The number of hydrogen-bond acceptors (Lipinski definition) is 16. The van der Waals surface area contributed by atoms with Gasteiger partial charge in [-0.1, -0.05) is 161 Å². The smallest absolute Gasteiger partial charge is 0.870 e. The van der Waals surface area contributed by atoms with E-state index >= 15 is 0 Å². The summed E-state index contributed by atoms with van der Waals surface area (Å²) in [5, 5.41) is 37.9. The first-order valence-electron chi connectivity index (χ1n) is 24.6. The van der Waals surface area contributed by atoms with E-state index in [1.54, 1.807) is 84.9 Å². The van der Waals surface area contributed by atoms with Gasteiger partial charge in [0.1, 0.15) is 32.1 Å². The van der Waals surface area contributed by atoms with Gasteiger partial charge < -0.3 is 41.1 Å². The van der Waals surface area contributed by atoms with E-state index in [0.717, 1.165) is 55.6 Å². The number of methoxy groups -OCH3 is 2. The summed E-state index contributed by atoms with van der Waals surface area (Å²) in [4.78, 5) is 33.2. The van der Waals surface area contributed by atoms with Crippen LogP contribution in [0.4, 0.5) is 30.2 Å². The summed E-state index contributed by atoms with van der Waals surface area (Å²) < 4.78 is 130. The van der Waals surface area contributed by atoms with Crippen molar-refractivity contribution in [3.05, 3.63) is 228 Å². The first kappa shape index (κ1) is 77.3. The molecule has 478 valence electrons. The van der Waals surface area contributed by atoms with Gasteiger partial charge in [-0.05, 0) is 89.5 Å². The van der Waals surface area contributed by atoms with Crippen LogP contribution in [0, 0.1) is 17.5 Å². The fourth-order valence-electron chi connectivity index (χ4n) is 7.79. The second-order valence-corrected chi connectivity index (χ2v) is 26.3. The molecule has 0 fully saturated rings. The number of sulfonamides is 2.